The van der Waals surface area contributed by atoms with Gasteiger partial charge in [-0.3, -0.25) is 4.79 Å². The van der Waals surface area contributed by atoms with Gasteiger partial charge in [-0.15, -0.1) is 13.2 Å². The molecule has 1 N–H and O–H groups in total. The van der Waals surface area contributed by atoms with E-state index in [0.29, 0.717) is 16.5 Å². The van der Waals surface area contributed by atoms with Crippen LogP contribution in [0.4, 0.5) is 13.2 Å². The van der Waals surface area contributed by atoms with E-state index >= 15 is 0 Å². The van der Waals surface area contributed by atoms with Gasteiger partial charge in [-0.05, 0) is 24.3 Å². The number of fused-ring (bicyclic) bond motifs is 1. The molecule has 4 nitrogen and oxygen atoms in total. The second-order valence-corrected chi connectivity index (χ2v) is 4.51. The van der Waals surface area contributed by atoms with E-state index in [9.17, 15) is 18.0 Å². The molecule has 0 aliphatic carbocycles. The molecule has 1 heterocycles. The lowest BCUT2D eigenvalue weighted by molar-refractivity contribution is -0.274. The van der Waals surface area contributed by atoms with Crippen molar-refractivity contribution in [1.29, 1.82) is 0 Å². The van der Waals surface area contributed by atoms with Crippen LogP contribution in [0.25, 0.3) is 22.3 Å². The number of ether oxygens (including phenoxy) is 1. The first-order chi connectivity index (χ1) is 10.4. The Bertz CT molecular complexity index is 888. The fourth-order valence-corrected chi connectivity index (χ4v) is 2.06. The third-order valence-electron chi connectivity index (χ3n) is 2.95. The van der Waals surface area contributed by atoms with Crippen LogP contribution in [0.1, 0.15) is 0 Å². The molecule has 7 heteroatoms. The highest BCUT2D eigenvalue weighted by Crippen LogP contribution is 2.26. The van der Waals surface area contributed by atoms with Crippen molar-refractivity contribution >= 4 is 10.9 Å². The van der Waals surface area contributed by atoms with Gasteiger partial charge in [0.05, 0.1) is 10.9 Å². The lowest BCUT2D eigenvalue weighted by Crippen LogP contribution is -2.17. The topological polar surface area (TPSA) is 55.0 Å². The summed E-state index contributed by atoms with van der Waals surface area (Å²) < 4.78 is 40.6. The van der Waals surface area contributed by atoms with Gasteiger partial charge >= 0.3 is 6.36 Å². The zero-order valence-electron chi connectivity index (χ0n) is 11.0. The van der Waals surface area contributed by atoms with Crippen LogP contribution in [0.5, 0.6) is 5.75 Å². The molecular weight excluding hydrogens is 297 g/mol. The Hall–Kier alpha value is -2.83. The first kappa shape index (κ1) is 14.1. The Balaban J connectivity index is 2.08. The maximum absolute atomic E-state index is 12.3. The Labute approximate surface area is 122 Å². The number of hydrogen-bond donors (Lipinski definition) is 1. The van der Waals surface area contributed by atoms with E-state index in [2.05, 4.69) is 14.7 Å². The average molecular weight is 306 g/mol. The number of alkyl halides is 3. The van der Waals surface area contributed by atoms with Crippen LogP contribution in [0.15, 0.2) is 53.3 Å². The molecule has 1 aromatic heterocycles. The van der Waals surface area contributed by atoms with Gasteiger partial charge in [0.25, 0.3) is 5.56 Å². The van der Waals surface area contributed by atoms with Gasteiger partial charge in [-0.1, -0.05) is 24.3 Å². The SMILES string of the molecule is O=c1[nH]c(-c2cccc(OC(F)(F)F)c2)nc2ccccc12. The van der Waals surface area contributed by atoms with Crippen molar-refractivity contribution in [3.63, 3.8) is 0 Å². The van der Waals surface area contributed by atoms with Gasteiger partial charge in [0, 0.05) is 5.56 Å². The van der Waals surface area contributed by atoms with Crippen molar-refractivity contribution < 1.29 is 17.9 Å². The standard InChI is InChI=1S/C15H9F3N2O2/c16-15(17,18)22-10-5-3-4-9(8-10)13-19-12-7-2-1-6-11(12)14(21)20-13/h1-8H,(H,19,20,21). The third-order valence-corrected chi connectivity index (χ3v) is 2.95. The minimum atomic E-state index is -4.77. The van der Waals surface area contributed by atoms with Crippen molar-refractivity contribution in [2.75, 3.05) is 0 Å². The summed E-state index contributed by atoms with van der Waals surface area (Å²) in [5.41, 5.74) is 0.427. The number of rotatable bonds is 2. The number of nitrogens with zero attached hydrogens (tertiary/aromatic N) is 1. The molecule has 0 fully saturated rings. The summed E-state index contributed by atoms with van der Waals surface area (Å²) in [5, 5.41) is 0.411. The molecule has 0 saturated carbocycles. The van der Waals surface area contributed by atoms with Crippen LogP contribution in [0.3, 0.4) is 0 Å². The van der Waals surface area contributed by atoms with Gasteiger partial charge in [0.2, 0.25) is 0 Å². The fraction of sp³-hybridized carbons (Fsp3) is 0.0667. The summed E-state index contributed by atoms with van der Waals surface area (Å²) in [6, 6.07) is 12.0. The minimum absolute atomic E-state index is 0.177. The van der Waals surface area contributed by atoms with Crippen LogP contribution < -0.4 is 10.3 Å². The zero-order chi connectivity index (χ0) is 15.7. The summed E-state index contributed by atoms with van der Waals surface area (Å²) >= 11 is 0. The number of para-hydroxylation sites is 1. The van der Waals surface area contributed by atoms with Crippen molar-refractivity contribution in [2.24, 2.45) is 0 Å². The zero-order valence-corrected chi connectivity index (χ0v) is 11.0. The summed E-state index contributed by atoms with van der Waals surface area (Å²) in [6.07, 6.45) is -4.77. The van der Waals surface area contributed by atoms with Gasteiger partial charge in [-0.25, -0.2) is 4.98 Å². The van der Waals surface area contributed by atoms with Gasteiger partial charge in [-0.2, -0.15) is 0 Å². The Morgan fingerprint density at radius 1 is 1.05 bits per heavy atom. The lowest BCUT2D eigenvalue weighted by Gasteiger charge is -2.10. The monoisotopic (exact) mass is 306 g/mol. The van der Waals surface area contributed by atoms with Crippen molar-refractivity contribution in [2.45, 2.75) is 6.36 Å². The van der Waals surface area contributed by atoms with E-state index in [-0.39, 0.29) is 17.1 Å². The van der Waals surface area contributed by atoms with Gasteiger partial charge in [0.1, 0.15) is 11.6 Å². The van der Waals surface area contributed by atoms with E-state index in [1.165, 1.54) is 24.3 Å². The number of halogens is 3. The number of H-pyrrole nitrogens is 1. The Morgan fingerprint density at radius 2 is 1.82 bits per heavy atom. The van der Waals surface area contributed by atoms with Crippen molar-refractivity contribution in [1.82, 2.24) is 9.97 Å². The van der Waals surface area contributed by atoms with E-state index in [0.717, 1.165) is 0 Å². The molecule has 0 aliphatic rings. The molecule has 2 aromatic carbocycles. The number of aromatic nitrogens is 2. The van der Waals surface area contributed by atoms with Gasteiger partial charge < -0.3 is 9.72 Å². The first-order valence-electron chi connectivity index (χ1n) is 6.28. The molecule has 112 valence electrons. The fourth-order valence-electron chi connectivity index (χ4n) is 2.06. The molecule has 3 rings (SSSR count). The molecule has 22 heavy (non-hydrogen) atoms. The maximum atomic E-state index is 12.3. The predicted octanol–water partition coefficient (Wildman–Crippen LogP) is 3.49. The van der Waals surface area contributed by atoms with Crippen molar-refractivity contribution in [3.05, 3.63) is 58.9 Å². The first-order valence-corrected chi connectivity index (χ1v) is 6.28. The second-order valence-electron chi connectivity index (χ2n) is 4.51. The Kier molecular flexibility index (Phi) is 3.32. The smallest absolute Gasteiger partial charge is 0.406 e. The second kappa shape index (κ2) is 5.18. The molecule has 3 aromatic rings. The molecular formula is C15H9F3N2O2. The molecule has 0 amide bonds. The van der Waals surface area contributed by atoms with Gasteiger partial charge in [0.15, 0.2) is 0 Å². The summed E-state index contributed by atoms with van der Waals surface area (Å²) in [6.45, 7) is 0. The third kappa shape index (κ3) is 2.93. The molecule has 0 aliphatic heterocycles. The minimum Gasteiger partial charge on any atom is -0.406 e. The van der Waals surface area contributed by atoms with E-state index in [1.54, 1.807) is 24.3 Å². The van der Waals surface area contributed by atoms with Crippen molar-refractivity contribution in [3.8, 4) is 17.1 Å². The molecule has 0 spiro atoms. The summed E-state index contributed by atoms with van der Waals surface area (Å²) in [5.74, 6) is -0.197. The van der Waals surface area contributed by atoms with E-state index < -0.39 is 6.36 Å². The number of hydrogen-bond acceptors (Lipinski definition) is 3. The molecule has 0 bridgehead atoms. The average Bonchev–Trinajstić information content (AvgIpc) is 2.46. The highest BCUT2D eigenvalue weighted by atomic mass is 19.4. The highest BCUT2D eigenvalue weighted by Gasteiger charge is 2.31. The molecule has 0 atom stereocenters. The quantitative estimate of drug-likeness (QED) is 0.788. The van der Waals surface area contributed by atoms with E-state index in [1.807, 2.05) is 0 Å². The maximum Gasteiger partial charge on any atom is 0.573 e. The van der Waals surface area contributed by atoms with Crippen LogP contribution >= 0.6 is 0 Å². The van der Waals surface area contributed by atoms with Crippen LogP contribution in [0.2, 0.25) is 0 Å². The normalized spacial score (nSPS) is 11.6. The summed E-state index contributed by atoms with van der Waals surface area (Å²) in [7, 11) is 0. The largest absolute Gasteiger partial charge is 0.573 e. The number of aromatic amines is 1. The molecule has 0 unspecified atom stereocenters. The molecule has 0 saturated heterocycles. The van der Waals surface area contributed by atoms with E-state index in [4.69, 9.17) is 0 Å². The van der Waals surface area contributed by atoms with Crippen LogP contribution in [-0.4, -0.2) is 16.3 Å². The lowest BCUT2D eigenvalue weighted by atomic mass is 10.2. The number of nitrogens with one attached hydrogen (secondary N) is 1. The highest BCUT2D eigenvalue weighted by molar-refractivity contribution is 5.79. The summed E-state index contributed by atoms with van der Waals surface area (Å²) in [4.78, 5) is 18.8. The van der Waals surface area contributed by atoms with Crippen LogP contribution in [0, 0.1) is 0 Å². The number of benzene rings is 2. The Morgan fingerprint density at radius 3 is 2.59 bits per heavy atom. The predicted molar refractivity (Wildman–Crippen MR) is 74.5 cm³/mol. The van der Waals surface area contributed by atoms with Crippen LogP contribution in [-0.2, 0) is 0 Å². The molecule has 0 radical (unpaired) electrons.